The number of phenols is 1. The molecule has 0 aliphatic rings. The lowest BCUT2D eigenvalue weighted by atomic mass is 9.99. The number of unbranched alkanes of at least 4 members (excludes halogenated alkanes) is 1. The molecule has 39 heavy (non-hydrogen) atoms. The highest BCUT2D eigenvalue weighted by Crippen LogP contribution is 2.24. The van der Waals surface area contributed by atoms with Crippen molar-refractivity contribution in [2.75, 3.05) is 13.1 Å². The van der Waals surface area contributed by atoms with E-state index >= 15 is 0 Å². The standard InChI is InChI=1S/C30H36N4O5/c1-6-8-18-32-27(36)26(23-13-9-21(7-2)10-14-23)34(19-17-31)28(37)25(33-29(38)39-30(3,4)5)20-22-11-15-24(35)16-12-22/h2,9-16,25-26,35H,6,8,18-20H2,1,3-5H3,(H,32,36)(H,33,38). The highest BCUT2D eigenvalue weighted by Gasteiger charge is 2.36. The van der Waals surface area contributed by atoms with Gasteiger partial charge in [0.2, 0.25) is 11.8 Å². The molecule has 0 radical (unpaired) electrons. The average Bonchev–Trinajstić information content (AvgIpc) is 2.88. The van der Waals surface area contributed by atoms with Gasteiger partial charge < -0.3 is 25.4 Å². The lowest BCUT2D eigenvalue weighted by Crippen LogP contribution is -2.54. The number of amides is 3. The molecule has 3 amide bonds. The van der Waals surface area contributed by atoms with Crippen LogP contribution in [0.4, 0.5) is 4.79 Å². The Hall–Kier alpha value is -4.50. The Labute approximate surface area is 230 Å². The molecule has 2 unspecified atom stereocenters. The van der Waals surface area contributed by atoms with Crippen molar-refractivity contribution in [1.82, 2.24) is 15.5 Å². The quantitative estimate of drug-likeness (QED) is 0.229. The Morgan fingerprint density at radius 3 is 2.28 bits per heavy atom. The van der Waals surface area contributed by atoms with Crippen molar-refractivity contribution < 1.29 is 24.2 Å². The number of carbonyl (C=O) groups is 3. The number of aromatic hydroxyl groups is 1. The maximum absolute atomic E-state index is 14.0. The van der Waals surface area contributed by atoms with Crippen LogP contribution in [0.15, 0.2) is 48.5 Å². The summed E-state index contributed by atoms with van der Waals surface area (Å²) in [6, 6.07) is 12.4. The number of phenolic OH excluding ortho intramolecular Hbond substituents is 1. The molecule has 0 fully saturated rings. The van der Waals surface area contributed by atoms with E-state index in [9.17, 15) is 24.8 Å². The molecule has 2 rings (SSSR count). The van der Waals surface area contributed by atoms with Gasteiger partial charge in [-0.1, -0.05) is 43.5 Å². The number of benzene rings is 2. The summed E-state index contributed by atoms with van der Waals surface area (Å²) in [5.41, 5.74) is 0.885. The van der Waals surface area contributed by atoms with E-state index in [2.05, 4.69) is 16.6 Å². The topological polar surface area (TPSA) is 132 Å². The van der Waals surface area contributed by atoms with E-state index in [0.717, 1.165) is 17.7 Å². The fourth-order valence-corrected chi connectivity index (χ4v) is 3.81. The number of nitriles is 1. The van der Waals surface area contributed by atoms with Crippen molar-refractivity contribution >= 4 is 17.9 Å². The normalized spacial score (nSPS) is 12.3. The Balaban J connectivity index is 2.51. The Bertz CT molecular complexity index is 1200. The predicted molar refractivity (Wildman–Crippen MR) is 147 cm³/mol. The Kier molecular flexibility index (Phi) is 11.4. The van der Waals surface area contributed by atoms with Gasteiger partial charge in [-0.25, -0.2) is 4.79 Å². The summed E-state index contributed by atoms with van der Waals surface area (Å²) in [6.45, 7) is 7.06. The first-order chi connectivity index (χ1) is 18.5. The third kappa shape index (κ3) is 9.71. The molecule has 0 saturated carbocycles. The van der Waals surface area contributed by atoms with Crippen molar-refractivity contribution in [3.8, 4) is 24.2 Å². The number of rotatable bonds is 11. The maximum Gasteiger partial charge on any atom is 0.408 e. The van der Waals surface area contributed by atoms with Crippen molar-refractivity contribution in [3.05, 3.63) is 65.2 Å². The van der Waals surface area contributed by atoms with Crippen LogP contribution >= 0.6 is 0 Å². The van der Waals surface area contributed by atoms with Crippen LogP contribution in [0.1, 0.15) is 63.3 Å². The summed E-state index contributed by atoms with van der Waals surface area (Å²) >= 11 is 0. The van der Waals surface area contributed by atoms with Crippen molar-refractivity contribution in [2.45, 2.75) is 64.6 Å². The first-order valence-corrected chi connectivity index (χ1v) is 12.8. The van der Waals surface area contributed by atoms with E-state index in [-0.39, 0.29) is 12.2 Å². The van der Waals surface area contributed by atoms with Gasteiger partial charge in [0.25, 0.3) is 0 Å². The summed E-state index contributed by atoms with van der Waals surface area (Å²) in [5, 5.41) is 24.8. The SMILES string of the molecule is C#Cc1ccc(C(C(=O)NCCCC)N(CC#N)C(=O)C(Cc2ccc(O)cc2)NC(=O)OC(C)(C)C)cc1. The lowest BCUT2D eigenvalue weighted by Gasteiger charge is -2.33. The van der Waals surface area contributed by atoms with Gasteiger partial charge in [0, 0.05) is 18.5 Å². The van der Waals surface area contributed by atoms with E-state index in [1.807, 2.05) is 13.0 Å². The fourth-order valence-electron chi connectivity index (χ4n) is 3.81. The molecule has 3 N–H and O–H groups in total. The zero-order chi connectivity index (χ0) is 29.0. The molecular weight excluding hydrogens is 496 g/mol. The van der Waals surface area contributed by atoms with Crippen molar-refractivity contribution in [1.29, 1.82) is 5.26 Å². The van der Waals surface area contributed by atoms with Gasteiger partial charge in [-0.15, -0.1) is 6.42 Å². The third-order valence-electron chi connectivity index (χ3n) is 5.67. The molecule has 9 heteroatoms. The van der Waals surface area contributed by atoms with Crippen molar-refractivity contribution in [3.63, 3.8) is 0 Å². The average molecular weight is 533 g/mol. The number of carbonyl (C=O) groups excluding carboxylic acids is 3. The molecule has 0 spiro atoms. The first kappa shape index (κ1) is 30.7. The molecule has 0 aromatic heterocycles. The third-order valence-corrected chi connectivity index (χ3v) is 5.67. The van der Waals surface area contributed by atoms with Crippen LogP contribution in [0, 0.1) is 23.7 Å². The van der Waals surface area contributed by atoms with Crippen LogP contribution in [0.3, 0.4) is 0 Å². The van der Waals surface area contributed by atoms with E-state index in [1.54, 1.807) is 57.2 Å². The van der Waals surface area contributed by atoms with Gasteiger partial charge in [-0.3, -0.25) is 9.59 Å². The number of nitrogens with zero attached hydrogens (tertiary/aromatic N) is 2. The van der Waals surface area contributed by atoms with Crippen LogP contribution < -0.4 is 10.6 Å². The second-order valence-electron chi connectivity index (χ2n) is 10.0. The predicted octanol–water partition coefficient (Wildman–Crippen LogP) is 3.82. The molecule has 0 bridgehead atoms. The van der Waals surface area contributed by atoms with Crippen LogP contribution in [0.2, 0.25) is 0 Å². The molecule has 2 aromatic carbocycles. The van der Waals surface area contributed by atoms with Gasteiger partial charge in [0.05, 0.1) is 6.07 Å². The van der Waals surface area contributed by atoms with E-state index in [0.29, 0.717) is 23.2 Å². The number of nitrogens with one attached hydrogen (secondary N) is 2. The van der Waals surface area contributed by atoms with Gasteiger partial charge in [-0.05, 0) is 62.6 Å². The fraction of sp³-hybridized carbons (Fsp3) is 0.400. The molecule has 0 aliphatic carbocycles. The summed E-state index contributed by atoms with van der Waals surface area (Å²) in [4.78, 5) is 41.3. The van der Waals surface area contributed by atoms with Crippen LogP contribution in [0.25, 0.3) is 0 Å². The summed E-state index contributed by atoms with van der Waals surface area (Å²) in [5.74, 6) is 1.46. The van der Waals surface area contributed by atoms with E-state index in [1.165, 1.54) is 12.1 Å². The molecule has 206 valence electrons. The molecule has 0 aliphatic heterocycles. The van der Waals surface area contributed by atoms with Crippen LogP contribution in [-0.2, 0) is 20.7 Å². The monoisotopic (exact) mass is 532 g/mol. The Morgan fingerprint density at radius 1 is 1.10 bits per heavy atom. The lowest BCUT2D eigenvalue weighted by molar-refractivity contribution is -0.141. The van der Waals surface area contributed by atoms with Crippen LogP contribution in [0.5, 0.6) is 5.75 Å². The second kappa shape index (κ2) is 14.4. The number of hydrogen-bond donors (Lipinski definition) is 3. The van der Waals surface area contributed by atoms with E-state index in [4.69, 9.17) is 11.2 Å². The molecule has 2 aromatic rings. The molecule has 0 heterocycles. The van der Waals surface area contributed by atoms with Crippen molar-refractivity contribution in [2.24, 2.45) is 0 Å². The summed E-state index contributed by atoms with van der Waals surface area (Å²) < 4.78 is 5.37. The minimum atomic E-state index is -1.17. The van der Waals surface area contributed by atoms with Crippen LogP contribution in [-0.4, -0.2) is 52.6 Å². The molecular formula is C30H36N4O5. The number of hydrogen-bond acceptors (Lipinski definition) is 6. The number of alkyl carbamates (subject to hydrolysis) is 1. The smallest absolute Gasteiger partial charge is 0.408 e. The minimum Gasteiger partial charge on any atom is -0.508 e. The molecule has 9 nitrogen and oxygen atoms in total. The highest BCUT2D eigenvalue weighted by molar-refractivity contribution is 5.92. The minimum absolute atomic E-state index is 0.0283. The number of ether oxygens (including phenoxy) is 1. The Morgan fingerprint density at radius 2 is 1.74 bits per heavy atom. The maximum atomic E-state index is 14.0. The second-order valence-corrected chi connectivity index (χ2v) is 10.0. The zero-order valence-corrected chi connectivity index (χ0v) is 22.9. The summed E-state index contributed by atoms with van der Waals surface area (Å²) in [7, 11) is 0. The van der Waals surface area contributed by atoms with Gasteiger partial charge in [0.1, 0.15) is 30.0 Å². The van der Waals surface area contributed by atoms with Gasteiger partial charge in [0.15, 0.2) is 0 Å². The zero-order valence-electron chi connectivity index (χ0n) is 22.9. The largest absolute Gasteiger partial charge is 0.508 e. The molecule has 0 saturated heterocycles. The molecule has 2 atom stereocenters. The van der Waals surface area contributed by atoms with Gasteiger partial charge >= 0.3 is 6.09 Å². The van der Waals surface area contributed by atoms with Gasteiger partial charge in [-0.2, -0.15) is 5.26 Å². The number of terminal acetylenes is 1. The first-order valence-electron chi connectivity index (χ1n) is 12.8. The van der Waals surface area contributed by atoms with E-state index < -0.39 is 42.1 Å². The summed E-state index contributed by atoms with van der Waals surface area (Å²) in [6.07, 6.45) is 6.29. The highest BCUT2D eigenvalue weighted by atomic mass is 16.6.